The minimum atomic E-state index is -4.95. The lowest BCUT2D eigenvalue weighted by Crippen LogP contribution is -2.34. The van der Waals surface area contributed by atoms with Crippen LogP contribution in [0.3, 0.4) is 0 Å². The molecule has 0 aliphatic rings. The first-order chi connectivity index (χ1) is 40.0. The lowest BCUT2D eigenvalue weighted by molar-refractivity contribution is -0.194. The second-order valence-electron chi connectivity index (χ2n) is 20.5. The normalized spacial score (nSPS) is 12.2. The van der Waals surface area contributed by atoms with Gasteiger partial charge in [-0.1, -0.05) is 159 Å². The molecule has 0 unspecified atom stereocenters. The van der Waals surface area contributed by atoms with E-state index in [4.69, 9.17) is 28.4 Å². The first kappa shape index (κ1) is 64.5. The smallest absolute Gasteiger partial charge is 0.402 e. The Morgan fingerprint density at radius 3 is 0.880 bits per heavy atom. The van der Waals surface area contributed by atoms with Crippen LogP contribution in [-0.4, -0.2) is 49.4 Å². The van der Waals surface area contributed by atoms with Gasteiger partial charge in [0.05, 0.1) is 24.3 Å². The zero-order valence-electron chi connectivity index (χ0n) is 47.2. The lowest BCUT2D eigenvalue weighted by Gasteiger charge is -2.19. The predicted molar refractivity (Wildman–Crippen MR) is 307 cm³/mol. The van der Waals surface area contributed by atoms with E-state index in [1.165, 1.54) is 99.9 Å². The van der Waals surface area contributed by atoms with Crippen LogP contribution in [0.5, 0.6) is 34.5 Å². The van der Waals surface area contributed by atoms with Crippen molar-refractivity contribution < 1.29 is 73.9 Å². The molecule has 0 N–H and O–H groups in total. The highest BCUT2D eigenvalue weighted by Gasteiger charge is 2.46. The zero-order chi connectivity index (χ0) is 59.5. The SMILES string of the molecule is CCCCCCCCOc1ccc(-c2ccc(OC(=O)c3ccc(OC(=O)[C@H](CCCCCCC[C@@H](C(=O)Oc4ccc(C(=O)Oc5ccc(-c6ccc(OCCCCCCCC)cc6)cc5)cc4)C(F)(F)F)C(F)(F)F)cc3)cc2)cc1. The average molecular weight is 1150 g/mol. The van der Waals surface area contributed by atoms with E-state index in [-0.39, 0.29) is 66.2 Å². The molecule has 83 heavy (non-hydrogen) atoms. The highest BCUT2D eigenvalue weighted by atomic mass is 19.4. The summed E-state index contributed by atoms with van der Waals surface area (Å²) in [5.74, 6) is -7.89. The Bertz CT molecular complexity index is 2690. The summed E-state index contributed by atoms with van der Waals surface area (Å²) in [4.78, 5) is 51.4. The molecule has 2 atom stereocenters. The summed E-state index contributed by atoms with van der Waals surface area (Å²) in [6.45, 7) is 5.71. The molecule has 0 saturated carbocycles. The summed E-state index contributed by atoms with van der Waals surface area (Å²) in [7, 11) is 0. The van der Waals surface area contributed by atoms with Crippen molar-refractivity contribution >= 4 is 23.9 Å². The van der Waals surface area contributed by atoms with Crippen molar-refractivity contribution in [1.82, 2.24) is 0 Å². The van der Waals surface area contributed by atoms with E-state index in [9.17, 15) is 45.5 Å². The Morgan fingerprint density at radius 1 is 0.325 bits per heavy atom. The molecule has 10 nitrogen and oxygen atoms in total. The number of hydrogen-bond acceptors (Lipinski definition) is 10. The quantitative estimate of drug-likeness (QED) is 0.0167. The lowest BCUT2D eigenvalue weighted by atomic mass is 9.97. The summed E-state index contributed by atoms with van der Waals surface area (Å²) >= 11 is 0. The number of esters is 4. The topological polar surface area (TPSA) is 124 Å². The first-order valence-electron chi connectivity index (χ1n) is 28.9. The van der Waals surface area contributed by atoms with Crippen LogP contribution in [0.25, 0.3) is 22.3 Å². The van der Waals surface area contributed by atoms with Crippen LogP contribution in [0.15, 0.2) is 146 Å². The third-order valence-corrected chi connectivity index (χ3v) is 14.0. The van der Waals surface area contributed by atoms with Crippen molar-refractivity contribution in [2.45, 2.75) is 148 Å². The molecule has 0 radical (unpaired) electrons. The minimum Gasteiger partial charge on any atom is -0.494 e. The third kappa shape index (κ3) is 22.2. The van der Waals surface area contributed by atoms with Gasteiger partial charge in [0.1, 0.15) is 34.5 Å². The Balaban J connectivity index is 0.870. The monoisotopic (exact) mass is 1150 g/mol. The van der Waals surface area contributed by atoms with Crippen molar-refractivity contribution in [3.05, 3.63) is 157 Å². The fourth-order valence-electron chi connectivity index (χ4n) is 9.15. The van der Waals surface area contributed by atoms with Gasteiger partial charge in [-0.2, -0.15) is 26.3 Å². The molecular formula is C67H74F6O10. The Hall–Kier alpha value is -7.62. The fourth-order valence-corrected chi connectivity index (χ4v) is 9.15. The molecule has 6 aromatic carbocycles. The second-order valence-corrected chi connectivity index (χ2v) is 20.5. The maximum Gasteiger partial charge on any atom is 0.402 e. The van der Waals surface area contributed by atoms with E-state index >= 15 is 0 Å². The zero-order valence-corrected chi connectivity index (χ0v) is 47.2. The molecule has 16 heteroatoms. The number of benzene rings is 6. The van der Waals surface area contributed by atoms with Crippen LogP contribution in [-0.2, 0) is 9.59 Å². The van der Waals surface area contributed by atoms with Crippen LogP contribution < -0.4 is 28.4 Å². The van der Waals surface area contributed by atoms with Gasteiger partial charge in [-0.05, 0) is 145 Å². The minimum absolute atomic E-state index is 0.0589. The van der Waals surface area contributed by atoms with Crippen LogP contribution in [0, 0.1) is 11.8 Å². The standard InChI is InChI=1S/C67H74F6O10/c1-3-5-7-9-14-18-46-78-54-34-22-48(23-35-54)50-26-38-56(39-27-50)80-62(74)52-30-42-58(43-31-52)82-64(76)60(66(68,69)70)20-16-12-11-13-17-21-61(67(71,72)73)65(77)83-59-44-32-53(33-45-59)63(75)81-57-40-28-51(29-41-57)49-24-36-55(37-25-49)79-47-19-15-10-8-6-4-2/h22-45,60-61H,3-21,46-47H2,1-2H3/t60-,61-/m0/s1. The fraction of sp³-hybridized carbons (Fsp3) is 0.403. The molecule has 0 saturated heterocycles. The maximum atomic E-state index is 14.0. The van der Waals surface area contributed by atoms with E-state index in [1.54, 1.807) is 48.5 Å². The van der Waals surface area contributed by atoms with Gasteiger partial charge in [0.25, 0.3) is 0 Å². The molecule has 0 amide bonds. The Labute approximate surface area is 482 Å². The highest BCUT2D eigenvalue weighted by Crippen LogP contribution is 2.35. The van der Waals surface area contributed by atoms with Gasteiger partial charge in [0.15, 0.2) is 11.8 Å². The van der Waals surface area contributed by atoms with Crippen molar-refractivity contribution in [1.29, 1.82) is 0 Å². The number of carbonyl (C=O) groups is 4. The van der Waals surface area contributed by atoms with Crippen molar-refractivity contribution in [3.63, 3.8) is 0 Å². The van der Waals surface area contributed by atoms with Crippen LogP contribution in [0.2, 0.25) is 0 Å². The molecule has 0 fully saturated rings. The molecule has 444 valence electrons. The van der Waals surface area contributed by atoms with E-state index in [1.807, 2.05) is 48.5 Å². The summed E-state index contributed by atoms with van der Waals surface area (Å²) in [5.41, 5.74) is 3.77. The second kappa shape index (κ2) is 33.5. The largest absolute Gasteiger partial charge is 0.494 e. The van der Waals surface area contributed by atoms with Crippen LogP contribution >= 0.6 is 0 Å². The molecule has 0 spiro atoms. The number of unbranched alkanes of at least 4 members (excludes halogenated alkanes) is 14. The molecule has 0 aliphatic heterocycles. The summed E-state index contributed by atoms with van der Waals surface area (Å²) in [6, 6.07) is 38.9. The number of ether oxygens (including phenoxy) is 6. The first-order valence-corrected chi connectivity index (χ1v) is 28.9. The summed E-state index contributed by atoms with van der Waals surface area (Å²) < 4.78 is 117. The summed E-state index contributed by atoms with van der Waals surface area (Å²) in [5, 5.41) is 0. The van der Waals surface area contributed by atoms with Crippen molar-refractivity contribution in [2.75, 3.05) is 13.2 Å². The highest BCUT2D eigenvalue weighted by molar-refractivity contribution is 5.92. The van der Waals surface area contributed by atoms with Gasteiger partial charge in [0, 0.05) is 0 Å². The molecular weight excluding hydrogens is 1080 g/mol. The Kier molecular flexibility index (Phi) is 26.0. The molecule has 0 heterocycles. The van der Waals surface area contributed by atoms with E-state index in [0.29, 0.717) is 13.2 Å². The molecule has 0 aromatic heterocycles. The molecule has 0 bridgehead atoms. The van der Waals surface area contributed by atoms with Crippen LogP contribution in [0.4, 0.5) is 26.3 Å². The maximum absolute atomic E-state index is 14.0. The third-order valence-electron chi connectivity index (χ3n) is 14.0. The predicted octanol–water partition coefficient (Wildman–Crippen LogP) is 18.5. The van der Waals surface area contributed by atoms with E-state index in [2.05, 4.69) is 13.8 Å². The van der Waals surface area contributed by atoms with Crippen molar-refractivity contribution in [3.8, 4) is 56.8 Å². The molecule has 0 aliphatic carbocycles. The van der Waals surface area contributed by atoms with Gasteiger partial charge < -0.3 is 28.4 Å². The summed E-state index contributed by atoms with van der Waals surface area (Å²) in [6.07, 6.45) is 3.38. The number of alkyl halides is 6. The van der Waals surface area contributed by atoms with E-state index < -0.39 is 60.9 Å². The number of rotatable bonds is 34. The van der Waals surface area contributed by atoms with Gasteiger partial charge >= 0.3 is 36.2 Å². The van der Waals surface area contributed by atoms with Gasteiger partial charge in [0.2, 0.25) is 0 Å². The number of carbonyl (C=O) groups excluding carboxylic acids is 4. The average Bonchev–Trinajstić information content (AvgIpc) is 3.51. The van der Waals surface area contributed by atoms with Gasteiger partial charge in [-0.3, -0.25) is 9.59 Å². The van der Waals surface area contributed by atoms with Gasteiger partial charge in [-0.25, -0.2) is 9.59 Å². The number of halogens is 6. The number of hydrogen-bond donors (Lipinski definition) is 0. The van der Waals surface area contributed by atoms with Crippen molar-refractivity contribution in [2.24, 2.45) is 11.8 Å². The molecule has 6 rings (SSSR count). The van der Waals surface area contributed by atoms with E-state index in [0.717, 1.165) is 59.4 Å². The van der Waals surface area contributed by atoms with Crippen LogP contribution in [0.1, 0.15) is 157 Å². The molecule has 6 aromatic rings. The van der Waals surface area contributed by atoms with Gasteiger partial charge in [-0.15, -0.1) is 0 Å². The Morgan fingerprint density at radius 2 is 0.578 bits per heavy atom.